The van der Waals surface area contributed by atoms with Gasteiger partial charge >= 0.3 is 4.87 Å². The SMILES string of the molecule is Cc1[nH]c(=O)sc1S(=O)(=O)N1CCN(C(=O)C2CCN(c3ccccc3[N+](=O)[O-])CC2)CC1. The molecule has 3 heterocycles. The molecule has 2 fully saturated rings. The number of nitro benzene ring substituents is 1. The zero-order chi connectivity index (χ0) is 23.8. The number of nitrogens with one attached hydrogen (secondary N) is 1. The van der Waals surface area contributed by atoms with E-state index < -0.39 is 19.8 Å². The summed E-state index contributed by atoms with van der Waals surface area (Å²) in [6.07, 6.45) is 1.17. The van der Waals surface area contributed by atoms with Crippen molar-refractivity contribution >= 4 is 38.6 Å². The Kier molecular flexibility index (Phi) is 6.54. The fourth-order valence-corrected chi connectivity index (χ4v) is 7.27. The number of aromatic amines is 1. The van der Waals surface area contributed by atoms with Crippen LogP contribution in [0.15, 0.2) is 33.3 Å². The number of aryl methyl sites for hydroxylation is 1. The number of aromatic nitrogens is 1. The second kappa shape index (κ2) is 9.23. The summed E-state index contributed by atoms with van der Waals surface area (Å²) in [6.45, 7) is 3.58. The molecule has 0 radical (unpaired) electrons. The highest BCUT2D eigenvalue weighted by atomic mass is 32.2. The maximum atomic E-state index is 13.0. The molecule has 1 aromatic heterocycles. The number of amides is 1. The van der Waals surface area contributed by atoms with Crippen molar-refractivity contribution in [2.75, 3.05) is 44.2 Å². The van der Waals surface area contributed by atoms with Gasteiger partial charge in [-0.3, -0.25) is 19.7 Å². The maximum absolute atomic E-state index is 13.0. The molecule has 0 spiro atoms. The molecule has 0 bridgehead atoms. The van der Waals surface area contributed by atoms with E-state index in [9.17, 15) is 28.1 Å². The van der Waals surface area contributed by atoms with Crippen LogP contribution in [0.4, 0.5) is 11.4 Å². The van der Waals surface area contributed by atoms with Gasteiger partial charge in [-0.25, -0.2) is 8.42 Å². The molecule has 178 valence electrons. The summed E-state index contributed by atoms with van der Waals surface area (Å²) < 4.78 is 27.1. The largest absolute Gasteiger partial charge is 0.366 e. The molecular weight excluding hydrogens is 470 g/mol. The highest BCUT2D eigenvalue weighted by Gasteiger charge is 2.35. The van der Waals surface area contributed by atoms with Gasteiger partial charge in [-0.2, -0.15) is 4.31 Å². The third-order valence-corrected chi connectivity index (χ3v) is 9.65. The maximum Gasteiger partial charge on any atom is 0.305 e. The molecule has 1 amide bonds. The number of piperidine rings is 1. The normalized spacial score (nSPS) is 18.5. The number of hydrogen-bond acceptors (Lipinski definition) is 8. The lowest BCUT2D eigenvalue weighted by atomic mass is 9.94. The number of benzene rings is 1. The molecule has 2 aliphatic rings. The second-order valence-corrected chi connectivity index (χ2v) is 11.3. The van der Waals surface area contributed by atoms with Crippen molar-refractivity contribution in [3.63, 3.8) is 0 Å². The average Bonchev–Trinajstić information content (AvgIpc) is 3.17. The fraction of sp³-hybridized carbons (Fsp3) is 0.500. The number of carbonyl (C=O) groups is 1. The van der Waals surface area contributed by atoms with Crippen LogP contribution in [0.3, 0.4) is 0 Å². The molecule has 1 N–H and O–H groups in total. The van der Waals surface area contributed by atoms with E-state index in [1.54, 1.807) is 30.0 Å². The van der Waals surface area contributed by atoms with Crippen molar-refractivity contribution in [3.8, 4) is 0 Å². The van der Waals surface area contributed by atoms with Crippen LogP contribution in [-0.2, 0) is 14.8 Å². The van der Waals surface area contributed by atoms with Gasteiger partial charge in [-0.05, 0) is 25.8 Å². The van der Waals surface area contributed by atoms with Gasteiger partial charge in [0, 0.05) is 56.9 Å². The number of carbonyl (C=O) groups excluding carboxylic acids is 1. The highest BCUT2D eigenvalue weighted by molar-refractivity contribution is 7.91. The fourth-order valence-electron chi connectivity index (χ4n) is 4.41. The van der Waals surface area contributed by atoms with E-state index in [4.69, 9.17) is 0 Å². The number of sulfonamides is 1. The van der Waals surface area contributed by atoms with Crippen molar-refractivity contribution < 1.29 is 18.1 Å². The smallest absolute Gasteiger partial charge is 0.305 e. The van der Waals surface area contributed by atoms with E-state index in [0.717, 1.165) is 0 Å². The van der Waals surface area contributed by atoms with Crippen molar-refractivity contribution in [3.05, 3.63) is 49.7 Å². The van der Waals surface area contributed by atoms with Crippen LogP contribution in [0.1, 0.15) is 18.5 Å². The number of thiazole rings is 1. The first kappa shape index (κ1) is 23.4. The lowest BCUT2D eigenvalue weighted by Gasteiger charge is -2.38. The average molecular weight is 496 g/mol. The predicted octanol–water partition coefficient (Wildman–Crippen LogP) is 1.40. The van der Waals surface area contributed by atoms with Gasteiger partial charge < -0.3 is 14.8 Å². The van der Waals surface area contributed by atoms with Crippen LogP contribution in [0.25, 0.3) is 0 Å². The summed E-state index contributed by atoms with van der Waals surface area (Å²) in [7, 11) is -3.77. The van der Waals surface area contributed by atoms with E-state index in [2.05, 4.69) is 4.98 Å². The molecule has 11 nitrogen and oxygen atoms in total. The van der Waals surface area contributed by atoms with Crippen LogP contribution in [0.5, 0.6) is 0 Å². The summed E-state index contributed by atoms with van der Waals surface area (Å²) in [5.74, 6) is -0.193. The van der Waals surface area contributed by atoms with Crippen molar-refractivity contribution in [1.82, 2.24) is 14.2 Å². The lowest BCUT2D eigenvalue weighted by Crippen LogP contribution is -2.52. The first-order valence-corrected chi connectivity index (χ1v) is 12.9. The summed E-state index contributed by atoms with van der Waals surface area (Å²) in [6, 6.07) is 6.60. The van der Waals surface area contributed by atoms with Crippen LogP contribution in [0, 0.1) is 23.0 Å². The van der Waals surface area contributed by atoms with Crippen LogP contribution >= 0.6 is 11.3 Å². The molecule has 0 unspecified atom stereocenters. The Labute approximate surface area is 194 Å². The summed E-state index contributed by atoms with van der Waals surface area (Å²) in [5, 5.41) is 11.3. The molecule has 0 atom stereocenters. The predicted molar refractivity (Wildman–Crippen MR) is 123 cm³/mol. The zero-order valence-corrected chi connectivity index (χ0v) is 19.7. The molecule has 2 saturated heterocycles. The first-order valence-electron chi connectivity index (χ1n) is 10.7. The first-order chi connectivity index (χ1) is 15.7. The summed E-state index contributed by atoms with van der Waals surface area (Å²) in [5.41, 5.74) is 0.950. The molecule has 4 rings (SSSR count). The van der Waals surface area contributed by atoms with Crippen molar-refractivity contribution in [1.29, 1.82) is 0 Å². The Balaban J connectivity index is 1.34. The topological polar surface area (TPSA) is 137 Å². The van der Waals surface area contributed by atoms with Crippen LogP contribution < -0.4 is 9.77 Å². The Hall–Kier alpha value is -2.77. The van der Waals surface area contributed by atoms with E-state index >= 15 is 0 Å². The van der Waals surface area contributed by atoms with Gasteiger partial charge in [0.1, 0.15) is 5.69 Å². The standard InChI is InChI=1S/C20H25N5O6S2/c1-14-19(32-20(27)21-14)33(30,31)24-12-10-23(11-13-24)18(26)15-6-8-22(9-7-15)16-4-2-3-5-17(16)25(28)29/h2-5,15H,6-13H2,1H3,(H,21,27). The minimum Gasteiger partial charge on any atom is -0.366 e. The van der Waals surface area contributed by atoms with E-state index in [-0.39, 0.29) is 34.8 Å². The molecule has 1 aromatic carbocycles. The second-order valence-electron chi connectivity index (χ2n) is 8.16. The van der Waals surface area contributed by atoms with Gasteiger partial charge in [0.15, 0.2) is 4.21 Å². The minimum atomic E-state index is -3.77. The lowest BCUT2D eigenvalue weighted by molar-refractivity contribution is -0.384. The third-order valence-electron chi connectivity index (χ3n) is 6.17. The minimum absolute atomic E-state index is 0.00302. The molecule has 2 aliphatic heterocycles. The summed E-state index contributed by atoms with van der Waals surface area (Å²) in [4.78, 5) is 41.2. The monoisotopic (exact) mass is 495 g/mol. The molecule has 0 saturated carbocycles. The Morgan fingerprint density at radius 3 is 2.33 bits per heavy atom. The van der Waals surface area contributed by atoms with Gasteiger partial charge in [0.25, 0.3) is 15.7 Å². The Morgan fingerprint density at radius 2 is 1.76 bits per heavy atom. The van der Waals surface area contributed by atoms with Crippen molar-refractivity contribution in [2.45, 2.75) is 24.0 Å². The zero-order valence-electron chi connectivity index (χ0n) is 18.1. The number of anilines is 1. The van der Waals surface area contributed by atoms with Gasteiger partial charge in [-0.15, -0.1) is 0 Å². The number of nitrogens with zero attached hydrogens (tertiary/aromatic N) is 4. The van der Waals surface area contributed by atoms with Gasteiger partial charge in [0.05, 0.1) is 4.92 Å². The highest BCUT2D eigenvalue weighted by Crippen LogP contribution is 2.32. The Bertz CT molecular complexity index is 1210. The van der Waals surface area contributed by atoms with E-state index in [0.29, 0.717) is 61.7 Å². The molecule has 33 heavy (non-hydrogen) atoms. The number of hydrogen-bond donors (Lipinski definition) is 1. The van der Waals surface area contributed by atoms with Crippen molar-refractivity contribution in [2.24, 2.45) is 5.92 Å². The molecule has 0 aliphatic carbocycles. The molecule has 13 heteroatoms. The van der Waals surface area contributed by atoms with Gasteiger partial charge in [0.2, 0.25) is 5.91 Å². The number of nitro groups is 1. The van der Waals surface area contributed by atoms with E-state index in [1.807, 2.05) is 4.90 Å². The van der Waals surface area contributed by atoms with Gasteiger partial charge in [-0.1, -0.05) is 23.5 Å². The summed E-state index contributed by atoms with van der Waals surface area (Å²) >= 11 is 0.678. The van der Waals surface area contributed by atoms with E-state index in [1.165, 1.54) is 10.4 Å². The van der Waals surface area contributed by atoms with Crippen LogP contribution in [0.2, 0.25) is 0 Å². The number of H-pyrrole nitrogens is 1. The number of piperazine rings is 1. The van der Waals surface area contributed by atoms with Crippen LogP contribution in [-0.4, -0.2) is 72.7 Å². The number of rotatable bonds is 5. The number of para-hydroxylation sites is 2. The Morgan fingerprint density at radius 1 is 1.12 bits per heavy atom. The quantitative estimate of drug-likeness (QED) is 0.489. The molecule has 2 aromatic rings. The third kappa shape index (κ3) is 4.66. The molecular formula is C20H25N5O6S2.